The van der Waals surface area contributed by atoms with E-state index in [9.17, 15) is 8.42 Å². The van der Waals surface area contributed by atoms with Crippen molar-refractivity contribution < 1.29 is 13.2 Å². The predicted octanol–water partition coefficient (Wildman–Crippen LogP) is 1.90. The molecule has 21 heavy (non-hydrogen) atoms. The van der Waals surface area contributed by atoms with Crippen LogP contribution in [0.15, 0.2) is 16.3 Å². The Morgan fingerprint density at radius 2 is 2.33 bits per heavy atom. The van der Waals surface area contributed by atoms with Gasteiger partial charge in [-0.05, 0) is 36.8 Å². The monoisotopic (exact) mass is 332 g/mol. The number of nitrogens with one attached hydrogen (secondary N) is 1. The Morgan fingerprint density at radius 3 is 3.05 bits per heavy atom. The van der Waals surface area contributed by atoms with E-state index in [2.05, 4.69) is 5.32 Å². The second-order valence-electron chi connectivity index (χ2n) is 5.32. The number of thiophene rings is 1. The summed E-state index contributed by atoms with van der Waals surface area (Å²) in [5, 5.41) is 5.06. The van der Waals surface area contributed by atoms with E-state index in [1.54, 1.807) is 17.5 Å². The van der Waals surface area contributed by atoms with Crippen molar-refractivity contribution in [1.82, 2.24) is 9.62 Å². The van der Waals surface area contributed by atoms with Gasteiger partial charge >= 0.3 is 0 Å². The molecule has 0 amide bonds. The van der Waals surface area contributed by atoms with Crippen molar-refractivity contribution in [1.29, 1.82) is 0 Å². The largest absolute Gasteiger partial charge is 0.384 e. The molecule has 0 bridgehead atoms. The number of sulfonamides is 1. The van der Waals surface area contributed by atoms with E-state index in [1.807, 2.05) is 12.3 Å². The highest BCUT2D eigenvalue weighted by Crippen LogP contribution is 2.28. The highest BCUT2D eigenvalue weighted by molar-refractivity contribution is 7.89. The van der Waals surface area contributed by atoms with Crippen molar-refractivity contribution >= 4 is 21.4 Å². The minimum absolute atomic E-state index is 0.300. The molecule has 120 valence electrons. The van der Waals surface area contributed by atoms with Crippen LogP contribution in [0.2, 0.25) is 0 Å². The Morgan fingerprint density at radius 1 is 1.52 bits per heavy atom. The van der Waals surface area contributed by atoms with Crippen LogP contribution >= 0.6 is 11.3 Å². The highest BCUT2D eigenvalue weighted by atomic mass is 32.2. The molecule has 5 nitrogen and oxygen atoms in total. The second-order valence-corrected chi connectivity index (χ2v) is 8.22. The van der Waals surface area contributed by atoms with Crippen molar-refractivity contribution in [2.75, 3.05) is 33.4 Å². The Bertz CT molecular complexity index is 540. The first kappa shape index (κ1) is 16.9. The standard InChI is InChI=1S/C14H24N2O3S2/c1-3-15-9-13-14(6-8-20-13)21(17,18)16-7-4-5-12(10-16)11-19-2/h6,8,12,15H,3-5,7,9-11H2,1-2H3. The fraction of sp³-hybridized carbons (Fsp3) is 0.714. The first-order chi connectivity index (χ1) is 10.1. The lowest BCUT2D eigenvalue weighted by atomic mass is 10.0. The van der Waals surface area contributed by atoms with E-state index in [0.717, 1.165) is 24.3 Å². The third-order valence-corrected chi connectivity index (χ3v) is 6.74. The molecule has 1 aliphatic heterocycles. The Balaban J connectivity index is 2.15. The molecule has 1 N–H and O–H groups in total. The van der Waals surface area contributed by atoms with Gasteiger partial charge < -0.3 is 10.1 Å². The zero-order valence-electron chi connectivity index (χ0n) is 12.7. The molecular formula is C14H24N2O3S2. The van der Waals surface area contributed by atoms with Crippen LogP contribution < -0.4 is 5.32 Å². The van der Waals surface area contributed by atoms with Gasteiger partial charge in [-0.2, -0.15) is 4.31 Å². The molecular weight excluding hydrogens is 308 g/mol. The number of piperidine rings is 1. The van der Waals surface area contributed by atoms with E-state index in [-0.39, 0.29) is 0 Å². The average Bonchev–Trinajstić information content (AvgIpc) is 2.95. The number of ether oxygens (including phenoxy) is 1. The molecule has 2 rings (SSSR count). The summed E-state index contributed by atoms with van der Waals surface area (Å²) >= 11 is 1.50. The van der Waals surface area contributed by atoms with Gasteiger partial charge in [-0.15, -0.1) is 11.3 Å². The summed E-state index contributed by atoms with van der Waals surface area (Å²) in [6.07, 6.45) is 1.94. The van der Waals surface area contributed by atoms with E-state index in [0.29, 0.717) is 37.1 Å². The number of hydrogen-bond donors (Lipinski definition) is 1. The molecule has 1 saturated heterocycles. The van der Waals surface area contributed by atoms with Crippen LogP contribution in [-0.4, -0.2) is 46.1 Å². The maximum Gasteiger partial charge on any atom is 0.244 e. The van der Waals surface area contributed by atoms with Gasteiger partial charge in [0.05, 0.1) is 11.5 Å². The van der Waals surface area contributed by atoms with Gasteiger partial charge in [0, 0.05) is 31.6 Å². The van der Waals surface area contributed by atoms with E-state index in [1.165, 1.54) is 11.3 Å². The van der Waals surface area contributed by atoms with Crippen LogP contribution in [0.5, 0.6) is 0 Å². The molecule has 1 fully saturated rings. The second kappa shape index (κ2) is 7.69. The van der Waals surface area contributed by atoms with Crippen LogP contribution in [0.25, 0.3) is 0 Å². The predicted molar refractivity (Wildman–Crippen MR) is 85.1 cm³/mol. The van der Waals surface area contributed by atoms with Gasteiger partial charge in [-0.3, -0.25) is 0 Å². The SMILES string of the molecule is CCNCc1sccc1S(=O)(=O)N1CCCC(COC)C1. The lowest BCUT2D eigenvalue weighted by Crippen LogP contribution is -2.41. The van der Waals surface area contributed by atoms with E-state index < -0.39 is 10.0 Å². The molecule has 7 heteroatoms. The molecule has 0 saturated carbocycles. The molecule has 1 aromatic heterocycles. The topological polar surface area (TPSA) is 58.6 Å². The van der Waals surface area contributed by atoms with Gasteiger partial charge in [-0.1, -0.05) is 6.92 Å². The van der Waals surface area contributed by atoms with Gasteiger partial charge in [-0.25, -0.2) is 8.42 Å². The summed E-state index contributed by atoms with van der Waals surface area (Å²) in [4.78, 5) is 1.36. The molecule has 1 aliphatic rings. The van der Waals surface area contributed by atoms with E-state index in [4.69, 9.17) is 4.74 Å². The Labute approximate surface area is 131 Å². The molecule has 2 heterocycles. The number of rotatable bonds is 7. The fourth-order valence-electron chi connectivity index (χ4n) is 2.68. The molecule has 1 unspecified atom stereocenters. The highest BCUT2D eigenvalue weighted by Gasteiger charge is 2.32. The van der Waals surface area contributed by atoms with Crippen molar-refractivity contribution in [2.45, 2.75) is 31.2 Å². The van der Waals surface area contributed by atoms with Gasteiger partial charge in [0.1, 0.15) is 0 Å². The number of hydrogen-bond acceptors (Lipinski definition) is 5. The van der Waals surface area contributed by atoms with Gasteiger partial charge in [0.2, 0.25) is 10.0 Å². The molecule has 0 aromatic carbocycles. The third-order valence-electron chi connectivity index (χ3n) is 3.74. The summed E-state index contributed by atoms with van der Waals surface area (Å²) in [5.74, 6) is 0.300. The van der Waals surface area contributed by atoms with Crippen molar-refractivity contribution in [3.8, 4) is 0 Å². The zero-order chi connectivity index (χ0) is 15.3. The zero-order valence-corrected chi connectivity index (χ0v) is 14.3. The Hall–Kier alpha value is -0.470. The third kappa shape index (κ3) is 4.04. The molecule has 0 spiro atoms. The summed E-state index contributed by atoms with van der Waals surface area (Å²) in [6, 6.07) is 1.73. The first-order valence-electron chi connectivity index (χ1n) is 7.35. The normalized spacial score (nSPS) is 20.8. The lowest BCUT2D eigenvalue weighted by molar-refractivity contribution is 0.118. The quantitative estimate of drug-likeness (QED) is 0.828. The molecule has 0 aliphatic carbocycles. The van der Waals surface area contributed by atoms with E-state index >= 15 is 0 Å². The van der Waals surface area contributed by atoms with Crippen LogP contribution in [0.3, 0.4) is 0 Å². The summed E-state index contributed by atoms with van der Waals surface area (Å²) in [6.45, 7) is 5.25. The molecule has 1 atom stereocenters. The van der Waals surface area contributed by atoms with Crippen LogP contribution in [0, 0.1) is 5.92 Å². The maximum atomic E-state index is 12.8. The Kier molecular flexibility index (Phi) is 6.19. The van der Waals surface area contributed by atoms with Crippen molar-refractivity contribution in [3.63, 3.8) is 0 Å². The minimum atomic E-state index is -3.38. The van der Waals surface area contributed by atoms with Gasteiger partial charge in [0.25, 0.3) is 0 Å². The number of nitrogens with zero attached hydrogens (tertiary/aromatic N) is 1. The number of methoxy groups -OCH3 is 1. The first-order valence-corrected chi connectivity index (χ1v) is 9.67. The fourth-order valence-corrected chi connectivity index (χ4v) is 5.62. The molecule has 1 aromatic rings. The molecule has 0 radical (unpaired) electrons. The van der Waals surface area contributed by atoms with Crippen LogP contribution in [-0.2, 0) is 21.3 Å². The van der Waals surface area contributed by atoms with Crippen LogP contribution in [0.1, 0.15) is 24.6 Å². The van der Waals surface area contributed by atoms with Crippen LogP contribution in [0.4, 0.5) is 0 Å². The van der Waals surface area contributed by atoms with Crippen molar-refractivity contribution in [2.24, 2.45) is 5.92 Å². The smallest absolute Gasteiger partial charge is 0.244 e. The minimum Gasteiger partial charge on any atom is -0.384 e. The van der Waals surface area contributed by atoms with Gasteiger partial charge in [0.15, 0.2) is 0 Å². The van der Waals surface area contributed by atoms with Crippen molar-refractivity contribution in [3.05, 3.63) is 16.3 Å². The summed E-state index contributed by atoms with van der Waals surface area (Å²) in [5.41, 5.74) is 0. The average molecular weight is 332 g/mol. The summed E-state index contributed by atoms with van der Waals surface area (Å²) < 4.78 is 32.5. The summed E-state index contributed by atoms with van der Waals surface area (Å²) in [7, 11) is -1.72. The lowest BCUT2D eigenvalue weighted by Gasteiger charge is -2.31. The maximum absolute atomic E-state index is 12.8.